The number of rotatable bonds is 7. The van der Waals surface area contributed by atoms with Crippen LogP contribution in [0.2, 0.25) is 0 Å². The Morgan fingerprint density at radius 3 is 2.58 bits per heavy atom. The summed E-state index contributed by atoms with van der Waals surface area (Å²) in [7, 11) is 0. The van der Waals surface area contributed by atoms with Gasteiger partial charge in [0, 0.05) is 43.2 Å². The molecule has 0 unspecified atom stereocenters. The highest BCUT2D eigenvalue weighted by molar-refractivity contribution is 5.97. The van der Waals surface area contributed by atoms with E-state index >= 15 is 0 Å². The molecule has 0 saturated carbocycles. The molecule has 5 nitrogen and oxygen atoms in total. The lowest BCUT2D eigenvalue weighted by Crippen LogP contribution is -2.30. The molecule has 126 valence electrons. The Kier molecular flexibility index (Phi) is 6.49. The number of pyridine rings is 1. The molecule has 2 amide bonds. The van der Waals surface area contributed by atoms with Crippen LogP contribution < -0.4 is 5.32 Å². The first-order valence-corrected chi connectivity index (χ1v) is 8.22. The lowest BCUT2D eigenvalue weighted by atomic mass is 10.1. The third-order valence-electron chi connectivity index (χ3n) is 3.81. The minimum atomic E-state index is -0.0775. The van der Waals surface area contributed by atoms with Crippen LogP contribution in [-0.4, -0.2) is 34.8 Å². The van der Waals surface area contributed by atoms with E-state index in [2.05, 4.69) is 10.3 Å². The maximum Gasteiger partial charge on any atom is 0.253 e. The van der Waals surface area contributed by atoms with E-state index in [4.69, 9.17) is 0 Å². The Labute approximate surface area is 142 Å². The van der Waals surface area contributed by atoms with Crippen LogP contribution in [0.1, 0.15) is 36.2 Å². The molecular formula is C19H23N3O2. The predicted octanol–water partition coefficient (Wildman–Crippen LogP) is 3.13. The van der Waals surface area contributed by atoms with Crippen molar-refractivity contribution in [3.8, 4) is 0 Å². The molecule has 0 radical (unpaired) electrons. The van der Waals surface area contributed by atoms with E-state index in [-0.39, 0.29) is 11.8 Å². The van der Waals surface area contributed by atoms with Crippen molar-refractivity contribution in [2.75, 3.05) is 18.4 Å². The summed E-state index contributed by atoms with van der Waals surface area (Å²) in [6, 6.07) is 10.9. The number of nitrogens with one attached hydrogen (secondary N) is 1. The number of anilines is 1. The number of nitrogens with zero attached hydrogens (tertiary/aromatic N) is 2. The summed E-state index contributed by atoms with van der Waals surface area (Å²) in [5, 5.41) is 2.85. The first kappa shape index (κ1) is 17.7. The molecule has 1 heterocycles. The van der Waals surface area contributed by atoms with Gasteiger partial charge in [0.1, 0.15) is 0 Å². The highest BCUT2D eigenvalue weighted by Crippen LogP contribution is 2.13. The highest BCUT2D eigenvalue weighted by Gasteiger charge is 2.13. The zero-order valence-electron chi connectivity index (χ0n) is 14.2. The smallest absolute Gasteiger partial charge is 0.253 e. The molecule has 24 heavy (non-hydrogen) atoms. The number of aromatic nitrogens is 1. The van der Waals surface area contributed by atoms with Crippen LogP contribution in [-0.2, 0) is 11.2 Å². The number of hydrogen-bond donors (Lipinski definition) is 1. The Morgan fingerprint density at radius 1 is 1.12 bits per heavy atom. The maximum absolute atomic E-state index is 12.4. The van der Waals surface area contributed by atoms with Gasteiger partial charge in [-0.2, -0.15) is 0 Å². The quantitative estimate of drug-likeness (QED) is 0.850. The van der Waals surface area contributed by atoms with E-state index in [1.807, 2.05) is 26.0 Å². The molecular weight excluding hydrogens is 302 g/mol. The number of hydrogen-bond acceptors (Lipinski definition) is 3. The molecule has 1 aromatic heterocycles. The van der Waals surface area contributed by atoms with Gasteiger partial charge in [-0.1, -0.05) is 12.1 Å². The van der Waals surface area contributed by atoms with E-state index in [0.717, 1.165) is 5.56 Å². The van der Waals surface area contributed by atoms with Gasteiger partial charge in [-0.05, 0) is 50.1 Å². The SMILES string of the molecule is CCN(CC)C(=O)c1cccc(NC(=O)CCc2cccnc2)c1. The minimum absolute atomic E-state index is 0.0218. The fraction of sp³-hybridized carbons (Fsp3) is 0.316. The van der Waals surface area contributed by atoms with Crippen LogP contribution >= 0.6 is 0 Å². The van der Waals surface area contributed by atoms with Gasteiger partial charge in [-0.15, -0.1) is 0 Å². The monoisotopic (exact) mass is 325 g/mol. The van der Waals surface area contributed by atoms with Gasteiger partial charge in [0.05, 0.1) is 0 Å². The maximum atomic E-state index is 12.4. The number of carbonyl (C=O) groups excluding carboxylic acids is 2. The largest absolute Gasteiger partial charge is 0.339 e. The highest BCUT2D eigenvalue weighted by atomic mass is 16.2. The van der Waals surface area contributed by atoms with E-state index in [1.54, 1.807) is 41.6 Å². The Morgan fingerprint density at radius 2 is 1.92 bits per heavy atom. The van der Waals surface area contributed by atoms with Crippen molar-refractivity contribution in [3.63, 3.8) is 0 Å². The molecule has 2 rings (SSSR count). The van der Waals surface area contributed by atoms with Crippen molar-refractivity contribution in [2.45, 2.75) is 26.7 Å². The Hall–Kier alpha value is -2.69. The molecule has 0 aliphatic heterocycles. The van der Waals surface area contributed by atoms with Crippen LogP contribution in [0.5, 0.6) is 0 Å². The average Bonchev–Trinajstić information content (AvgIpc) is 2.62. The average molecular weight is 325 g/mol. The van der Waals surface area contributed by atoms with E-state index in [0.29, 0.717) is 37.2 Å². The van der Waals surface area contributed by atoms with Crippen LogP contribution in [0.3, 0.4) is 0 Å². The molecule has 0 fully saturated rings. The van der Waals surface area contributed by atoms with Crippen molar-refractivity contribution in [3.05, 3.63) is 59.9 Å². The molecule has 0 saturated heterocycles. The molecule has 0 bridgehead atoms. The first-order chi connectivity index (χ1) is 11.6. The molecule has 0 aliphatic carbocycles. The van der Waals surface area contributed by atoms with E-state index in [1.165, 1.54) is 0 Å². The van der Waals surface area contributed by atoms with Crippen molar-refractivity contribution in [2.24, 2.45) is 0 Å². The molecule has 5 heteroatoms. The van der Waals surface area contributed by atoms with Crippen molar-refractivity contribution in [1.82, 2.24) is 9.88 Å². The fourth-order valence-electron chi connectivity index (χ4n) is 2.45. The second kappa shape index (κ2) is 8.82. The van der Waals surface area contributed by atoms with Crippen LogP contribution in [0.25, 0.3) is 0 Å². The van der Waals surface area contributed by atoms with Gasteiger partial charge in [0.25, 0.3) is 5.91 Å². The van der Waals surface area contributed by atoms with Gasteiger partial charge in [0.15, 0.2) is 0 Å². The summed E-state index contributed by atoms with van der Waals surface area (Å²) in [5.41, 5.74) is 2.26. The summed E-state index contributed by atoms with van der Waals surface area (Å²) < 4.78 is 0. The Bertz CT molecular complexity index is 682. The van der Waals surface area contributed by atoms with Crippen LogP contribution in [0.15, 0.2) is 48.8 Å². The zero-order valence-corrected chi connectivity index (χ0v) is 14.2. The molecule has 1 N–H and O–H groups in total. The zero-order chi connectivity index (χ0) is 17.4. The number of benzene rings is 1. The molecule has 2 aromatic rings. The summed E-state index contributed by atoms with van der Waals surface area (Å²) in [5.74, 6) is -0.0993. The van der Waals surface area contributed by atoms with Gasteiger partial charge in [0.2, 0.25) is 5.91 Å². The summed E-state index contributed by atoms with van der Waals surface area (Å²) >= 11 is 0. The Balaban J connectivity index is 1.96. The second-order valence-corrected chi connectivity index (χ2v) is 5.47. The van der Waals surface area contributed by atoms with Gasteiger partial charge in [-0.3, -0.25) is 14.6 Å². The van der Waals surface area contributed by atoms with Gasteiger partial charge in [-0.25, -0.2) is 0 Å². The lowest BCUT2D eigenvalue weighted by Gasteiger charge is -2.19. The summed E-state index contributed by atoms with van der Waals surface area (Å²) in [4.78, 5) is 30.2. The van der Waals surface area contributed by atoms with Crippen LogP contribution in [0, 0.1) is 0 Å². The molecule has 0 atom stereocenters. The number of amides is 2. The third kappa shape index (κ3) is 4.91. The van der Waals surface area contributed by atoms with Crippen molar-refractivity contribution in [1.29, 1.82) is 0 Å². The second-order valence-electron chi connectivity index (χ2n) is 5.47. The fourth-order valence-corrected chi connectivity index (χ4v) is 2.45. The minimum Gasteiger partial charge on any atom is -0.339 e. The predicted molar refractivity (Wildman–Crippen MR) is 94.9 cm³/mol. The first-order valence-electron chi connectivity index (χ1n) is 8.22. The van der Waals surface area contributed by atoms with Gasteiger partial charge >= 0.3 is 0 Å². The third-order valence-corrected chi connectivity index (χ3v) is 3.81. The number of carbonyl (C=O) groups is 2. The summed E-state index contributed by atoms with van der Waals surface area (Å²) in [6.07, 6.45) is 4.48. The van der Waals surface area contributed by atoms with Gasteiger partial charge < -0.3 is 10.2 Å². The van der Waals surface area contributed by atoms with E-state index < -0.39 is 0 Å². The van der Waals surface area contributed by atoms with Crippen molar-refractivity contribution < 1.29 is 9.59 Å². The van der Waals surface area contributed by atoms with E-state index in [9.17, 15) is 9.59 Å². The molecule has 1 aromatic carbocycles. The topological polar surface area (TPSA) is 62.3 Å². The molecule has 0 aliphatic rings. The standard InChI is InChI=1S/C19H23N3O2/c1-3-22(4-2)19(24)16-8-5-9-17(13-16)21-18(23)11-10-15-7-6-12-20-14-15/h5-9,12-14H,3-4,10-11H2,1-2H3,(H,21,23). The number of aryl methyl sites for hydroxylation is 1. The summed E-state index contributed by atoms with van der Waals surface area (Å²) in [6.45, 7) is 5.23. The van der Waals surface area contributed by atoms with Crippen LogP contribution in [0.4, 0.5) is 5.69 Å². The van der Waals surface area contributed by atoms with Crippen molar-refractivity contribution >= 4 is 17.5 Å². The lowest BCUT2D eigenvalue weighted by molar-refractivity contribution is -0.116. The molecule has 0 spiro atoms. The normalized spacial score (nSPS) is 10.2.